The van der Waals surface area contributed by atoms with E-state index in [4.69, 9.17) is 10.5 Å². The number of benzene rings is 2. The van der Waals surface area contributed by atoms with Crippen LogP contribution in [-0.2, 0) is 17.8 Å². The van der Waals surface area contributed by atoms with Gasteiger partial charge < -0.3 is 15.4 Å². The van der Waals surface area contributed by atoms with E-state index in [2.05, 4.69) is 0 Å². The number of para-hydroxylation sites is 1. The van der Waals surface area contributed by atoms with Gasteiger partial charge in [-0.15, -0.1) is 0 Å². The van der Waals surface area contributed by atoms with Crippen molar-refractivity contribution < 1.29 is 9.53 Å². The van der Waals surface area contributed by atoms with E-state index in [0.717, 1.165) is 22.6 Å². The van der Waals surface area contributed by atoms with Crippen LogP contribution >= 0.6 is 0 Å². The normalized spacial score (nSPS) is 13.4. The van der Waals surface area contributed by atoms with Crippen molar-refractivity contribution in [1.29, 1.82) is 0 Å². The fourth-order valence-electron chi connectivity index (χ4n) is 2.58. The number of carbonyl (C=O) groups excluding carboxylic acids is 1. The number of anilines is 2. The van der Waals surface area contributed by atoms with Crippen LogP contribution in [0.2, 0.25) is 0 Å². The molecule has 2 aromatic carbocycles. The summed E-state index contributed by atoms with van der Waals surface area (Å²) < 4.78 is 5.34. The fourth-order valence-corrected chi connectivity index (χ4v) is 2.58. The number of methoxy groups -OCH3 is 1. The van der Waals surface area contributed by atoms with Crippen molar-refractivity contribution in [2.24, 2.45) is 0 Å². The Bertz CT molecular complexity index is 667. The number of ether oxygens (including phenoxy) is 1. The highest BCUT2D eigenvalue weighted by Crippen LogP contribution is 2.32. The van der Waals surface area contributed by atoms with Crippen LogP contribution in [0.1, 0.15) is 11.1 Å². The van der Waals surface area contributed by atoms with Crippen LogP contribution < -0.4 is 15.4 Å². The number of nitrogen functional groups attached to an aromatic ring is 1. The number of hydrogen-bond donors (Lipinski definition) is 1. The maximum absolute atomic E-state index is 12.2. The monoisotopic (exact) mass is 268 g/mol. The molecule has 0 aliphatic carbocycles. The molecule has 2 aromatic rings. The first-order valence-electron chi connectivity index (χ1n) is 6.49. The molecule has 1 heterocycles. The summed E-state index contributed by atoms with van der Waals surface area (Å²) in [6.07, 6.45) is 0.459. The number of amides is 1. The molecule has 0 saturated heterocycles. The van der Waals surface area contributed by atoms with Crippen LogP contribution in [0.5, 0.6) is 5.75 Å². The molecule has 2 N–H and O–H groups in total. The Morgan fingerprint density at radius 2 is 2.05 bits per heavy atom. The fraction of sp³-hybridized carbons (Fsp3) is 0.188. The van der Waals surface area contributed by atoms with E-state index in [1.165, 1.54) is 0 Å². The van der Waals surface area contributed by atoms with Crippen LogP contribution in [0.15, 0.2) is 42.5 Å². The van der Waals surface area contributed by atoms with Crippen molar-refractivity contribution in [3.8, 4) is 5.75 Å². The highest BCUT2D eigenvalue weighted by atomic mass is 16.5. The Kier molecular flexibility index (Phi) is 3.06. The van der Waals surface area contributed by atoms with Crippen LogP contribution in [-0.4, -0.2) is 13.0 Å². The van der Waals surface area contributed by atoms with E-state index < -0.39 is 0 Å². The van der Waals surface area contributed by atoms with Gasteiger partial charge in [0.2, 0.25) is 5.91 Å². The summed E-state index contributed by atoms with van der Waals surface area (Å²) >= 11 is 0. The summed E-state index contributed by atoms with van der Waals surface area (Å²) in [4.78, 5) is 14.0. The molecule has 0 spiro atoms. The van der Waals surface area contributed by atoms with Crippen molar-refractivity contribution in [2.45, 2.75) is 13.0 Å². The Balaban J connectivity index is 1.96. The van der Waals surface area contributed by atoms with Crippen molar-refractivity contribution in [1.82, 2.24) is 0 Å². The first-order valence-corrected chi connectivity index (χ1v) is 6.49. The maximum Gasteiger partial charge on any atom is 0.231 e. The minimum Gasteiger partial charge on any atom is -0.496 e. The number of hydrogen-bond acceptors (Lipinski definition) is 3. The molecule has 0 atom stereocenters. The van der Waals surface area contributed by atoms with Gasteiger partial charge in [0, 0.05) is 16.9 Å². The highest BCUT2D eigenvalue weighted by Gasteiger charge is 2.27. The molecule has 0 unspecified atom stereocenters. The standard InChI is InChI=1S/C16H16N2O2/c1-20-15-7-6-13(17)8-12(15)10-18-14-5-3-2-4-11(14)9-16(18)19/h2-8H,9-10,17H2,1H3. The predicted octanol–water partition coefficient (Wildman–Crippen LogP) is 2.37. The van der Waals surface area contributed by atoms with Crippen LogP contribution in [0, 0.1) is 0 Å². The molecule has 102 valence electrons. The van der Waals surface area contributed by atoms with Gasteiger partial charge in [-0.05, 0) is 29.8 Å². The molecular weight excluding hydrogens is 252 g/mol. The zero-order valence-electron chi connectivity index (χ0n) is 11.3. The van der Waals surface area contributed by atoms with E-state index in [0.29, 0.717) is 18.7 Å². The second-order valence-electron chi connectivity index (χ2n) is 4.86. The molecule has 0 saturated carbocycles. The Hall–Kier alpha value is -2.49. The van der Waals surface area contributed by atoms with Gasteiger partial charge in [0.15, 0.2) is 0 Å². The average molecular weight is 268 g/mol. The lowest BCUT2D eigenvalue weighted by molar-refractivity contribution is -0.117. The second kappa shape index (κ2) is 4.89. The van der Waals surface area contributed by atoms with E-state index >= 15 is 0 Å². The number of nitrogens with zero attached hydrogens (tertiary/aromatic N) is 1. The first kappa shape index (κ1) is 12.5. The van der Waals surface area contributed by atoms with Gasteiger partial charge in [0.05, 0.1) is 20.1 Å². The molecule has 0 bridgehead atoms. The third-order valence-electron chi connectivity index (χ3n) is 3.56. The van der Waals surface area contributed by atoms with Gasteiger partial charge in [-0.2, -0.15) is 0 Å². The third-order valence-corrected chi connectivity index (χ3v) is 3.56. The Morgan fingerprint density at radius 1 is 1.25 bits per heavy atom. The Morgan fingerprint density at radius 3 is 2.85 bits per heavy atom. The maximum atomic E-state index is 12.2. The zero-order valence-corrected chi connectivity index (χ0v) is 11.3. The summed E-state index contributed by atoms with van der Waals surface area (Å²) in [5.41, 5.74) is 9.45. The second-order valence-corrected chi connectivity index (χ2v) is 4.86. The zero-order chi connectivity index (χ0) is 14.1. The SMILES string of the molecule is COc1ccc(N)cc1CN1C(=O)Cc2ccccc21. The lowest BCUT2D eigenvalue weighted by atomic mass is 10.1. The summed E-state index contributed by atoms with van der Waals surface area (Å²) in [5.74, 6) is 0.854. The average Bonchev–Trinajstić information content (AvgIpc) is 2.76. The van der Waals surface area contributed by atoms with E-state index in [-0.39, 0.29) is 5.91 Å². The molecule has 0 radical (unpaired) electrons. The molecule has 4 nitrogen and oxygen atoms in total. The van der Waals surface area contributed by atoms with Crippen LogP contribution in [0.4, 0.5) is 11.4 Å². The summed E-state index contributed by atoms with van der Waals surface area (Å²) in [7, 11) is 1.62. The first-order chi connectivity index (χ1) is 9.69. The quantitative estimate of drug-likeness (QED) is 0.869. The highest BCUT2D eigenvalue weighted by molar-refractivity contribution is 6.01. The number of nitrogens with two attached hydrogens (primary N) is 1. The number of fused-ring (bicyclic) bond motifs is 1. The van der Waals surface area contributed by atoms with Gasteiger partial charge in [-0.1, -0.05) is 18.2 Å². The molecule has 0 aromatic heterocycles. The van der Waals surface area contributed by atoms with Gasteiger partial charge in [0.25, 0.3) is 0 Å². The molecule has 4 heteroatoms. The van der Waals surface area contributed by atoms with Crippen molar-refractivity contribution in [3.63, 3.8) is 0 Å². The lowest BCUT2D eigenvalue weighted by Crippen LogP contribution is -2.26. The van der Waals surface area contributed by atoms with Crippen LogP contribution in [0.25, 0.3) is 0 Å². The third kappa shape index (κ3) is 2.09. The molecule has 3 rings (SSSR count). The summed E-state index contributed by atoms with van der Waals surface area (Å²) in [6, 6.07) is 13.3. The molecule has 1 amide bonds. The lowest BCUT2D eigenvalue weighted by Gasteiger charge is -2.19. The van der Waals surface area contributed by atoms with E-state index in [1.54, 1.807) is 18.1 Å². The van der Waals surface area contributed by atoms with Crippen molar-refractivity contribution >= 4 is 17.3 Å². The minimum absolute atomic E-state index is 0.107. The predicted molar refractivity (Wildman–Crippen MR) is 78.7 cm³/mol. The van der Waals surface area contributed by atoms with Crippen molar-refractivity contribution in [2.75, 3.05) is 17.7 Å². The molecule has 1 aliphatic heterocycles. The molecule has 20 heavy (non-hydrogen) atoms. The molecule has 1 aliphatic rings. The molecular formula is C16H16N2O2. The van der Waals surface area contributed by atoms with Crippen molar-refractivity contribution in [3.05, 3.63) is 53.6 Å². The smallest absolute Gasteiger partial charge is 0.231 e. The summed E-state index contributed by atoms with van der Waals surface area (Å²) in [6.45, 7) is 0.476. The minimum atomic E-state index is 0.107. The summed E-state index contributed by atoms with van der Waals surface area (Å²) in [5, 5.41) is 0. The molecule has 0 fully saturated rings. The van der Waals surface area contributed by atoms with Gasteiger partial charge in [-0.3, -0.25) is 4.79 Å². The largest absolute Gasteiger partial charge is 0.496 e. The number of rotatable bonds is 3. The van der Waals surface area contributed by atoms with Crippen LogP contribution in [0.3, 0.4) is 0 Å². The van der Waals surface area contributed by atoms with E-state index in [9.17, 15) is 4.79 Å². The van der Waals surface area contributed by atoms with Gasteiger partial charge in [-0.25, -0.2) is 0 Å². The number of carbonyl (C=O) groups is 1. The van der Waals surface area contributed by atoms with Gasteiger partial charge in [0.1, 0.15) is 5.75 Å². The topological polar surface area (TPSA) is 55.6 Å². The Labute approximate surface area is 117 Å². The van der Waals surface area contributed by atoms with Gasteiger partial charge >= 0.3 is 0 Å². The van der Waals surface area contributed by atoms with E-state index in [1.807, 2.05) is 36.4 Å².